The smallest absolute Gasteiger partial charge is 0.167 e. The Labute approximate surface area is 176 Å². The van der Waals surface area contributed by atoms with Crippen LogP contribution in [-0.4, -0.2) is 78.0 Å². The lowest BCUT2D eigenvalue weighted by molar-refractivity contribution is -0.0289. The van der Waals surface area contributed by atoms with Crippen LogP contribution in [0.25, 0.3) is 11.2 Å². The van der Waals surface area contributed by atoms with Gasteiger partial charge >= 0.3 is 0 Å². The largest absolute Gasteiger partial charge is 0.387 e. The third-order valence-corrected chi connectivity index (χ3v) is 6.41. The van der Waals surface area contributed by atoms with E-state index in [2.05, 4.69) is 25.3 Å². The van der Waals surface area contributed by atoms with Crippen molar-refractivity contribution < 1.29 is 19.7 Å². The number of anilines is 1. The first-order chi connectivity index (χ1) is 14.7. The minimum absolute atomic E-state index is 0.179. The summed E-state index contributed by atoms with van der Waals surface area (Å²) in [6, 6.07) is 3.96. The lowest BCUT2D eigenvalue weighted by atomic mass is 10.1. The van der Waals surface area contributed by atoms with Gasteiger partial charge in [0.15, 0.2) is 23.2 Å². The van der Waals surface area contributed by atoms with Crippen molar-refractivity contribution in [2.45, 2.75) is 41.9 Å². The van der Waals surface area contributed by atoms with E-state index in [1.807, 2.05) is 12.1 Å². The lowest BCUT2D eigenvalue weighted by Gasteiger charge is -2.17. The normalized spacial score (nSPS) is 28.9. The van der Waals surface area contributed by atoms with Gasteiger partial charge in [-0.25, -0.2) is 15.0 Å². The van der Waals surface area contributed by atoms with Gasteiger partial charge in [0.1, 0.15) is 18.5 Å². The van der Waals surface area contributed by atoms with Gasteiger partial charge in [0, 0.05) is 29.6 Å². The Kier molecular flexibility index (Phi) is 5.52. The Morgan fingerprint density at radius 2 is 2.03 bits per heavy atom. The number of imidazole rings is 1. The number of aliphatic hydroxyl groups excluding tert-OH is 2. The summed E-state index contributed by atoms with van der Waals surface area (Å²) in [7, 11) is 0. The zero-order valence-electron chi connectivity index (χ0n) is 16.0. The number of fused-ring (bicyclic) bond motifs is 1. The monoisotopic (exact) mass is 430 g/mol. The standard InChI is InChI=1S/C19H22N6O4S/c26-15-13(8-30-12-1-4-20-5-2-12)29-19(16(15)27)25-10-23-14-17(21-9-22-18(14)25)24-11-3-6-28-7-11/h1-2,4-5,9-11,13,15-16,19,26-27H,3,6-8H2,(H,21,22,24)/t11?,13-,15-,16-,19?/m1/s1. The number of pyridine rings is 1. The highest BCUT2D eigenvalue weighted by atomic mass is 32.2. The van der Waals surface area contributed by atoms with E-state index in [1.54, 1.807) is 23.3 Å². The van der Waals surface area contributed by atoms with Crippen LogP contribution in [0.4, 0.5) is 5.82 Å². The van der Waals surface area contributed by atoms with E-state index in [0.29, 0.717) is 29.3 Å². The predicted octanol–water partition coefficient (Wildman–Crippen LogP) is 0.834. The molecule has 11 heteroatoms. The quantitative estimate of drug-likeness (QED) is 0.484. The minimum atomic E-state index is -1.10. The van der Waals surface area contributed by atoms with Gasteiger partial charge in [0.25, 0.3) is 0 Å². The molecule has 5 heterocycles. The molecule has 0 aromatic carbocycles. The summed E-state index contributed by atoms with van der Waals surface area (Å²) in [5, 5.41) is 24.5. The average Bonchev–Trinajstić information content (AvgIpc) is 3.49. The number of rotatable bonds is 6. The van der Waals surface area contributed by atoms with Crippen LogP contribution >= 0.6 is 11.8 Å². The van der Waals surface area contributed by atoms with Crippen LogP contribution in [0.5, 0.6) is 0 Å². The molecule has 10 nitrogen and oxygen atoms in total. The van der Waals surface area contributed by atoms with Crippen LogP contribution in [0.1, 0.15) is 12.6 Å². The molecular weight excluding hydrogens is 408 g/mol. The number of hydrogen-bond donors (Lipinski definition) is 3. The van der Waals surface area contributed by atoms with Crippen LogP contribution in [0, 0.1) is 0 Å². The highest BCUT2D eigenvalue weighted by Gasteiger charge is 2.44. The van der Waals surface area contributed by atoms with Crippen LogP contribution in [0.2, 0.25) is 0 Å². The molecular formula is C19H22N6O4S. The molecule has 0 bridgehead atoms. The van der Waals surface area contributed by atoms with E-state index >= 15 is 0 Å². The number of aliphatic hydroxyl groups is 2. The van der Waals surface area contributed by atoms with E-state index in [0.717, 1.165) is 17.9 Å². The van der Waals surface area contributed by atoms with Gasteiger partial charge in [0.05, 0.1) is 25.1 Å². The molecule has 2 aliphatic rings. The van der Waals surface area contributed by atoms with Crippen LogP contribution < -0.4 is 5.32 Å². The number of aromatic nitrogens is 5. The van der Waals surface area contributed by atoms with Crippen molar-refractivity contribution in [2.24, 2.45) is 0 Å². The first kappa shape index (κ1) is 19.6. The molecule has 3 N–H and O–H groups in total. The fourth-order valence-corrected chi connectivity index (χ4v) is 4.64. The summed E-state index contributed by atoms with van der Waals surface area (Å²) < 4.78 is 13.1. The molecule has 2 fully saturated rings. The Balaban J connectivity index is 1.34. The third kappa shape index (κ3) is 3.74. The molecule has 3 aromatic heterocycles. The first-order valence-electron chi connectivity index (χ1n) is 9.77. The molecule has 0 saturated carbocycles. The molecule has 5 rings (SSSR count). The van der Waals surface area contributed by atoms with Gasteiger partial charge in [-0.1, -0.05) is 0 Å². The Hall–Kier alpha value is -2.31. The number of hydrogen-bond acceptors (Lipinski definition) is 10. The number of thioether (sulfide) groups is 1. The van der Waals surface area contributed by atoms with E-state index in [4.69, 9.17) is 9.47 Å². The molecule has 2 aliphatic heterocycles. The molecule has 0 spiro atoms. The zero-order valence-corrected chi connectivity index (χ0v) is 16.9. The lowest BCUT2D eigenvalue weighted by Crippen LogP contribution is -2.32. The average molecular weight is 430 g/mol. The Morgan fingerprint density at radius 1 is 1.17 bits per heavy atom. The van der Waals surface area contributed by atoms with E-state index < -0.39 is 24.5 Å². The molecule has 0 amide bonds. The summed E-state index contributed by atoms with van der Waals surface area (Å²) in [6.07, 6.45) is 3.92. The number of ether oxygens (including phenoxy) is 2. The second kappa shape index (κ2) is 8.44. The molecule has 2 saturated heterocycles. The second-order valence-electron chi connectivity index (χ2n) is 7.29. The number of nitrogens with zero attached hydrogens (tertiary/aromatic N) is 5. The minimum Gasteiger partial charge on any atom is -0.387 e. The maximum atomic E-state index is 10.6. The van der Waals surface area contributed by atoms with E-state index in [9.17, 15) is 10.2 Å². The van der Waals surface area contributed by atoms with Crippen LogP contribution in [0.15, 0.2) is 42.1 Å². The van der Waals surface area contributed by atoms with E-state index in [1.165, 1.54) is 18.1 Å². The van der Waals surface area contributed by atoms with Gasteiger partial charge in [-0.3, -0.25) is 9.55 Å². The summed E-state index contributed by atoms with van der Waals surface area (Å²) in [4.78, 5) is 18.1. The Bertz CT molecular complexity index is 999. The fourth-order valence-electron chi connectivity index (χ4n) is 3.69. The van der Waals surface area contributed by atoms with Crippen molar-refractivity contribution >= 4 is 28.7 Å². The zero-order chi connectivity index (χ0) is 20.5. The van der Waals surface area contributed by atoms with Gasteiger partial charge in [-0.05, 0) is 18.6 Å². The summed E-state index contributed by atoms with van der Waals surface area (Å²) >= 11 is 1.54. The second-order valence-corrected chi connectivity index (χ2v) is 8.38. The summed E-state index contributed by atoms with van der Waals surface area (Å²) in [5.74, 6) is 1.11. The Morgan fingerprint density at radius 3 is 2.83 bits per heavy atom. The highest BCUT2D eigenvalue weighted by Crippen LogP contribution is 2.34. The molecule has 158 valence electrons. The van der Waals surface area contributed by atoms with Crippen molar-refractivity contribution in [3.05, 3.63) is 37.2 Å². The van der Waals surface area contributed by atoms with Crippen molar-refractivity contribution in [1.29, 1.82) is 0 Å². The summed E-state index contributed by atoms with van der Waals surface area (Å²) in [6.45, 7) is 1.35. The topological polar surface area (TPSA) is 127 Å². The van der Waals surface area contributed by atoms with Gasteiger partial charge in [0.2, 0.25) is 0 Å². The van der Waals surface area contributed by atoms with Crippen molar-refractivity contribution in [2.75, 3.05) is 24.3 Å². The molecule has 2 unspecified atom stereocenters. The molecule has 0 radical (unpaired) electrons. The van der Waals surface area contributed by atoms with Crippen LogP contribution in [0.3, 0.4) is 0 Å². The molecule has 3 aromatic rings. The van der Waals surface area contributed by atoms with Crippen molar-refractivity contribution in [3.8, 4) is 0 Å². The maximum Gasteiger partial charge on any atom is 0.167 e. The molecule has 5 atom stereocenters. The predicted molar refractivity (Wildman–Crippen MR) is 109 cm³/mol. The third-order valence-electron chi connectivity index (χ3n) is 5.30. The summed E-state index contributed by atoms with van der Waals surface area (Å²) in [5.41, 5.74) is 1.12. The maximum absolute atomic E-state index is 10.6. The molecule has 0 aliphatic carbocycles. The number of nitrogens with one attached hydrogen (secondary N) is 1. The highest BCUT2D eigenvalue weighted by molar-refractivity contribution is 7.99. The van der Waals surface area contributed by atoms with Crippen molar-refractivity contribution in [1.82, 2.24) is 24.5 Å². The SMILES string of the molecule is O[C@@H]1[C@@H](CSc2ccncc2)OC(n2cnc3c(NC4CCOC4)ncnc32)[C@@H]1O. The van der Waals surface area contributed by atoms with E-state index in [-0.39, 0.29) is 6.04 Å². The van der Waals surface area contributed by atoms with Gasteiger partial charge < -0.3 is 25.0 Å². The first-order valence-corrected chi connectivity index (χ1v) is 10.8. The van der Waals surface area contributed by atoms with Crippen LogP contribution in [-0.2, 0) is 9.47 Å². The van der Waals surface area contributed by atoms with Gasteiger partial charge in [-0.2, -0.15) is 0 Å². The van der Waals surface area contributed by atoms with Crippen molar-refractivity contribution in [3.63, 3.8) is 0 Å². The fraction of sp³-hybridized carbons (Fsp3) is 0.474. The van der Waals surface area contributed by atoms with Gasteiger partial charge in [-0.15, -0.1) is 11.8 Å². The molecule has 30 heavy (non-hydrogen) atoms.